The zero-order valence-corrected chi connectivity index (χ0v) is 17.7. The molecule has 2 aromatic heterocycles. The molecule has 0 unspecified atom stereocenters. The molecule has 0 spiro atoms. The molecule has 1 aromatic carbocycles. The van der Waals surface area contributed by atoms with Crippen LogP contribution in [0.2, 0.25) is 0 Å². The number of benzene rings is 1. The van der Waals surface area contributed by atoms with Crippen molar-refractivity contribution >= 4 is 38.9 Å². The van der Waals surface area contributed by atoms with E-state index in [-0.39, 0.29) is 15.9 Å². The molecule has 0 atom stereocenters. The van der Waals surface area contributed by atoms with Gasteiger partial charge >= 0.3 is 4.87 Å². The van der Waals surface area contributed by atoms with Crippen LogP contribution in [0.25, 0.3) is 16.5 Å². The van der Waals surface area contributed by atoms with Crippen LogP contribution in [-0.4, -0.2) is 27.6 Å². The first-order chi connectivity index (χ1) is 14.4. The van der Waals surface area contributed by atoms with Gasteiger partial charge in [0.25, 0.3) is 5.91 Å². The predicted octanol–water partition coefficient (Wildman–Crippen LogP) is 4.02. The van der Waals surface area contributed by atoms with Crippen LogP contribution in [0.1, 0.15) is 49.2 Å². The summed E-state index contributed by atoms with van der Waals surface area (Å²) in [5.74, 6) is -0.289. The topological polar surface area (TPSA) is 103 Å². The lowest BCUT2D eigenvalue weighted by Crippen LogP contribution is -2.29. The molecule has 7 nitrogen and oxygen atoms in total. The Labute approximate surface area is 177 Å². The monoisotopic (exact) mass is 421 g/mol. The fraction of sp³-hybridized carbons (Fsp3) is 0.318. The Morgan fingerprint density at radius 3 is 2.93 bits per heavy atom. The van der Waals surface area contributed by atoms with Crippen molar-refractivity contribution in [2.24, 2.45) is 5.41 Å². The van der Waals surface area contributed by atoms with Crippen molar-refractivity contribution in [1.29, 1.82) is 0 Å². The minimum absolute atomic E-state index is 0.263. The Kier molecular flexibility index (Phi) is 4.39. The maximum atomic E-state index is 12.5. The van der Waals surface area contributed by atoms with Gasteiger partial charge in [0, 0.05) is 40.0 Å². The van der Waals surface area contributed by atoms with Crippen LogP contribution in [0.15, 0.2) is 46.4 Å². The Morgan fingerprint density at radius 2 is 2.13 bits per heavy atom. The molecule has 8 heteroatoms. The van der Waals surface area contributed by atoms with E-state index in [2.05, 4.69) is 51.8 Å². The SMILES string of the molecule is CC1(C)CCC2=C(C1)NCC=C2c1cc2cc(C(=O)Nc3n[nH]c(=O)s3)ccc2[nH]1. The van der Waals surface area contributed by atoms with Crippen molar-refractivity contribution in [3.63, 3.8) is 0 Å². The van der Waals surface area contributed by atoms with E-state index in [0.29, 0.717) is 11.0 Å². The number of fused-ring (bicyclic) bond motifs is 1. The van der Waals surface area contributed by atoms with E-state index >= 15 is 0 Å². The average molecular weight is 422 g/mol. The summed E-state index contributed by atoms with van der Waals surface area (Å²) in [5, 5.41) is 13.5. The lowest BCUT2D eigenvalue weighted by atomic mass is 9.74. The maximum absolute atomic E-state index is 12.5. The Hall–Kier alpha value is -3.13. The third-order valence-corrected chi connectivity index (χ3v) is 6.51. The van der Waals surface area contributed by atoms with Gasteiger partial charge in [0.05, 0.1) is 0 Å². The molecule has 0 saturated carbocycles. The summed E-state index contributed by atoms with van der Waals surface area (Å²) in [6.45, 7) is 5.49. The van der Waals surface area contributed by atoms with E-state index in [9.17, 15) is 9.59 Å². The number of dihydropyridines is 1. The molecule has 5 rings (SSSR count). The van der Waals surface area contributed by atoms with E-state index in [1.54, 1.807) is 6.07 Å². The molecular weight excluding hydrogens is 398 g/mol. The molecule has 154 valence electrons. The number of H-pyrrole nitrogens is 2. The fourth-order valence-corrected chi connectivity index (χ4v) is 4.80. The molecular formula is C22H23N5O2S. The number of anilines is 1. The van der Waals surface area contributed by atoms with Crippen molar-refractivity contribution in [2.45, 2.75) is 33.1 Å². The summed E-state index contributed by atoms with van der Waals surface area (Å²) in [6.07, 6.45) is 5.56. The van der Waals surface area contributed by atoms with E-state index in [1.807, 2.05) is 12.1 Å². The zero-order valence-electron chi connectivity index (χ0n) is 16.9. The molecule has 3 heterocycles. The molecule has 0 radical (unpaired) electrons. The molecule has 2 aliphatic rings. The molecule has 1 amide bonds. The molecule has 0 bridgehead atoms. The Balaban J connectivity index is 1.44. The second-order valence-corrected chi connectivity index (χ2v) is 9.62. The number of nitrogens with one attached hydrogen (secondary N) is 4. The van der Waals surface area contributed by atoms with E-state index in [4.69, 9.17) is 0 Å². The molecule has 3 aromatic rings. The minimum atomic E-state index is -0.300. The first-order valence-electron chi connectivity index (χ1n) is 10.0. The molecule has 4 N–H and O–H groups in total. The summed E-state index contributed by atoms with van der Waals surface area (Å²) < 4.78 is 0. The van der Waals surface area contributed by atoms with E-state index < -0.39 is 0 Å². The third kappa shape index (κ3) is 3.47. The smallest absolute Gasteiger partial charge is 0.324 e. The highest BCUT2D eigenvalue weighted by atomic mass is 32.1. The van der Waals surface area contributed by atoms with Gasteiger partial charge in [-0.1, -0.05) is 19.9 Å². The number of carbonyl (C=O) groups excluding carboxylic acids is 1. The summed E-state index contributed by atoms with van der Waals surface area (Å²) in [4.78, 5) is 26.9. The lowest BCUT2D eigenvalue weighted by molar-refractivity contribution is 0.102. The number of allylic oxidation sites excluding steroid dienone is 3. The van der Waals surface area contributed by atoms with E-state index in [0.717, 1.165) is 47.3 Å². The van der Waals surface area contributed by atoms with Gasteiger partial charge in [0.15, 0.2) is 0 Å². The molecule has 1 aliphatic carbocycles. The average Bonchev–Trinajstić information content (AvgIpc) is 3.31. The number of carbonyl (C=O) groups is 1. The highest BCUT2D eigenvalue weighted by molar-refractivity contribution is 7.13. The van der Waals surface area contributed by atoms with Gasteiger partial charge in [0.2, 0.25) is 5.13 Å². The van der Waals surface area contributed by atoms with Crippen LogP contribution in [0.5, 0.6) is 0 Å². The summed E-state index contributed by atoms with van der Waals surface area (Å²) in [6, 6.07) is 7.67. The van der Waals surface area contributed by atoms with Crippen LogP contribution < -0.4 is 15.5 Å². The number of nitrogens with zero attached hydrogens (tertiary/aromatic N) is 1. The van der Waals surface area contributed by atoms with Gasteiger partial charge in [-0.2, -0.15) is 0 Å². The highest BCUT2D eigenvalue weighted by Crippen LogP contribution is 2.43. The van der Waals surface area contributed by atoms with Crippen molar-refractivity contribution in [3.05, 3.63) is 62.5 Å². The number of hydrogen-bond acceptors (Lipinski definition) is 5. The second-order valence-electron chi connectivity index (χ2n) is 8.65. The number of amides is 1. The van der Waals surface area contributed by atoms with Crippen molar-refractivity contribution < 1.29 is 4.79 Å². The number of aromatic nitrogens is 3. The largest absolute Gasteiger partial charge is 0.385 e. The zero-order chi connectivity index (χ0) is 20.9. The van der Waals surface area contributed by atoms with Gasteiger partial charge < -0.3 is 10.3 Å². The molecule has 0 fully saturated rings. The Bertz CT molecular complexity index is 1270. The number of hydrogen-bond donors (Lipinski definition) is 4. The standard InChI is InChI=1S/C22H23N5O2S/c1-22(2)7-5-14-15(6-8-23-18(14)11-22)17-10-13-9-12(3-4-16(13)24-17)19(28)25-20-26-27-21(29)30-20/h3-4,6,9-10,23-24H,5,7-8,11H2,1-2H3,(H,27,29)(H,25,26,28). The minimum Gasteiger partial charge on any atom is -0.385 e. The van der Waals surface area contributed by atoms with Crippen molar-refractivity contribution in [2.75, 3.05) is 11.9 Å². The van der Waals surface area contributed by atoms with Gasteiger partial charge in [-0.3, -0.25) is 14.9 Å². The van der Waals surface area contributed by atoms with Gasteiger partial charge in [-0.25, -0.2) is 5.10 Å². The summed E-state index contributed by atoms with van der Waals surface area (Å²) >= 11 is 0.869. The van der Waals surface area contributed by atoms with E-state index in [1.165, 1.54) is 23.3 Å². The Morgan fingerprint density at radius 1 is 1.27 bits per heavy atom. The van der Waals surface area contributed by atoms with Crippen LogP contribution in [-0.2, 0) is 0 Å². The van der Waals surface area contributed by atoms with Crippen molar-refractivity contribution in [3.8, 4) is 0 Å². The lowest BCUT2D eigenvalue weighted by Gasteiger charge is -2.36. The van der Waals surface area contributed by atoms with Crippen LogP contribution in [0, 0.1) is 5.41 Å². The highest BCUT2D eigenvalue weighted by Gasteiger charge is 2.30. The molecule has 1 aliphatic heterocycles. The van der Waals surface area contributed by atoms with Crippen LogP contribution >= 0.6 is 11.3 Å². The first kappa shape index (κ1) is 18.9. The first-order valence-corrected chi connectivity index (χ1v) is 10.9. The molecule has 0 saturated heterocycles. The van der Waals surface area contributed by atoms with Gasteiger partial charge in [0.1, 0.15) is 0 Å². The predicted molar refractivity (Wildman–Crippen MR) is 120 cm³/mol. The quantitative estimate of drug-likeness (QED) is 0.513. The normalized spacial score (nSPS) is 18.0. The summed E-state index contributed by atoms with van der Waals surface area (Å²) in [7, 11) is 0. The molecule has 30 heavy (non-hydrogen) atoms. The number of rotatable bonds is 3. The second kappa shape index (κ2) is 6.98. The third-order valence-electron chi connectivity index (χ3n) is 5.85. The van der Waals surface area contributed by atoms with Gasteiger partial charge in [-0.05, 0) is 65.9 Å². The van der Waals surface area contributed by atoms with Gasteiger partial charge in [-0.15, -0.1) is 5.10 Å². The van der Waals surface area contributed by atoms with Crippen LogP contribution in [0.4, 0.5) is 5.13 Å². The fourth-order valence-electron chi connectivity index (χ4n) is 4.30. The number of aromatic amines is 2. The summed E-state index contributed by atoms with van der Waals surface area (Å²) in [5.41, 5.74) is 6.96. The maximum Gasteiger partial charge on any atom is 0.324 e. The van der Waals surface area contributed by atoms with Crippen molar-refractivity contribution in [1.82, 2.24) is 20.5 Å². The van der Waals surface area contributed by atoms with Crippen LogP contribution in [0.3, 0.4) is 0 Å².